The fourth-order valence-corrected chi connectivity index (χ4v) is 3.55. The van der Waals surface area contributed by atoms with E-state index in [-0.39, 0.29) is 11.9 Å². The first-order valence-electron chi connectivity index (χ1n) is 8.57. The highest BCUT2D eigenvalue weighted by Crippen LogP contribution is 2.32. The van der Waals surface area contributed by atoms with Gasteiger partial charge in [-0.1, -0.05) is 74.6 Å². The topological polar surface area (TPSA) is 49.4 Å². The molecule has 1 aliphatic heterocycles. The number of hydrogen-bond donors (Lipinski definition) is 1. The normalized spacial score (nSPS) is 21.5. The van der Waals surface area contributed by atoms with E-state index in [2.05, 4.69) is 5.32 Å². The van der Waals surface area contributed by atoms with Gasteiger partial charge in [-0.25, -0.2) is 4.79 Å². The highest BCUT2D eigenvalue weighted by atomic mass is 16.2. The van der Waals surface area contributed by atoms with Gasteiger partial charge in [-0.05, 0) is 18.4 Å². The van der Waals surface area contributed by atoms with Crippen LogP contribution in [0.4, 0.5) is 4.79 Å². The van der Waals surface area contributed by atoms with Gasteiger partial charge < -0.3 is 5.32 Å². The zero-order valence-electron chi connectivity index (χ0n) is 13.5. The van der Waals surface area contributed by atoms with Crippen molar-refractivity contribution in [1.82, 2.24) is 10.2 Å². The van der Waals surface area contributed by atoms with E-state index in [4.69, 9.17) is 0 Å². The number of carbonyl (C=O) groups excluding carboxylic acids is 2. The number of benzene rings is 1. The molecule has 3 rings (SSSR count). The molecule has 4 heteroatoms. The number of urea groups is 1. The van der Waals surface area contributed by atoms with E-state index in [0.717, 1.165) is 44.1 Å². The Morgan fingerprint density at radius 2 is 1.65 bits per heavy atom. The highest BCUT2D eigenvalue weighted by molar-refractivity contribution is 6.07. The summed E-state index contributed by atoms with van der Waals surface area (Å²) in [6, 6.07) is 9.66. The predicted octanol–water partition coefficient (Wildman–Crippen LogP) is 3.73. The van der Waals surface area contributed by atoms with Crippen molar-refractivity contribution in [2.75, 3.05) is 6.54 Å². The zero-order valence-corrected chi connectivity index (χ0v) is 13.5. The number of hydrogen-bond acceptors (Lipinski definition) is 2. The molecule has 0 radical (unpaired) electrons. The Hall–Kier alpha value is -2.10. The Morgan fingerprint density at radius 3 is 2.35 bits per heavy atom. The van der Waals surface area contributed by atoms with Crippen LogP contribution in [0.2, 0.25) is 0 Å². The van der Waals surface area contributed by atoms with E-state index >= 15 is 0 Å². The highest BCUT2D eigenvalue weighted by Gasteiger charge is 2.49. The molecule has 4 nitrogen and oxygen atoms in total. The first-order chi connectivity index (χ1) is 11.2. The van der Waals surface area contributed by atoms with Crippen molar-refractivity contribution >= 4 is 18.0 Å². The average molecular weight is 312 g/mol. The van der Waals surface area contributed by atoms with Gasteiger partial charge in [-0.3, -0.25) is 9.69 Å². The van der Waals surface area contributed by atoms with Gasteiger partial charge in [-0.15, -0.1) is 0 Å². The molecule has 2 fully saturated rings. The molecule has 1 saturated carbocycles. The van der Waals surface area contributed by atoms with Crippen LogP contribution in [0.25, 0.3) is 6.08 Å². The summed E-state index contributed by atoms with van der Waals surface area (Å²) in [6.07, 6.45) is 10.9. The Bertz CT molecular complexity index is 587. The molecule has 1 aromatic rings. The third-order valence-electron chi connectivity index (χ3n) is 4.85. The second kappa shape index (κ2) is 6.99. The van der Waals surface area contributed by atoms with Crippen LogP contribution in [-0.2, 0) is 4.79 Å². The molecule has 0 atom stereocenters. The molecule has 1 heterocycles. The van der Waals surface area contributed by atoms with Crippen LogP contribution >= 0.6 is 0 Å². The SMILES string of the molecule is O=C1NC2(CCCCCCC2)C(=O)N1C/C=C\c1ccccc1. The van der Waals surface area contributed by atoms with Crippen LogP contribution < -0.4 is 5.32 Å². The molecule has 0 aromatic heterocycles. The number of carbonyl (C=O) groups is 2. The molecule has 1 spiro atoms. The van der Waals surface area contributed by atoms with Crippen molar-refractivity contribution in [2.45, 2.75) is 50.5 Å². The summed E-state index contributed by atoms with van der Waals surface area (Å²) in [5, 5.41) is 2.99. The van der Waals surface area contributed by atoms with Gasteiger partial charge >= 0.3 is 6.03 Å². The second-order valence-electron chi connectivity index (χ2n) is 6.51. The first-order valence-corrected chi connectivity index (χ1v) is 8.57. The second-order valence-corrected chi connectivity index (χ2v) is 6.51. The summed E-state index contributed by atoms with van der Waals surface area (Å²) in [5.74, 6) is -0.0397. The average Bonchev–Trinajstić information content (AvgIpc) is 2.77. The van der Waals surface area contributed by atoms with E-state index in [1.54, 1.807) is 0 Å². The number of nitrogens with zero attached hydrogens (tertiary/aromatic N) is 1. The molecule has 3 amide bonds. The lowest BCUT2D eigenvalue weighted by Crippen LogP contribution is -2.47. The Kier molecular flexibility index (Phi) is 4.79. The van der Waals surface area contributed by atoms with Crippen molar-refractivity contribution < 1.29 is 9.59 Å². The van der Waals surface area contributed by atoms with Crippen molar-refractivity contribution in [2.24, 2.45) is 0 Å². The van der Waals surface area contributed by atoms with E-state index in [0.29, 0.717) is 6.54 Å². The fourth-order valence-electron chi connectivity index (χ4n) is 3.55. The maximum atomic E-state index is 12.8. The van der Waals surface area contributed by atoms with Crippen molar-refractivity contribution in [3.63, 3.8) is 0 Å². The Balaban J connectivity index is 1.67. The van der Waals surface area contributed by atoms with Crippen molar-refractivity contribution in [3.05, 3.63) is 42.0 Å². The lowest BCUT2D eigenvalue weighted by molar-refractivity contribution is -0.131. The maximum Gasteiger partial charge on any atom is 0.325 e. The summed E-state index contributed by atoms with van der Waals surface area (Å²) in [7, 11) is 0. The molecule has 23 heavy (non-hydrogen) atoms. The lowest BCUT2D eigenvalue weighted by atomic mass is 9.84. The van der Waals surface area contributed by atoms with Crippen molar-refractivity contribution in [3.8, 4) is 0 Å². The van der Waals surface area contributed by atoms with Gasteiger partial charge in [0.05, 0.1) is 0 Å². The number of amides is 3. The van der Waals surface area contributed by atoms with E-state index in [9.17, 15) is 9.59 Å². The van der Waals surface area contributed by atoms with Crippen LogP contribution in [0.15, 0.2) is 36.4 Å². The maximum absolute atomic E-state index is 12.8. The number of imide groups is 1. The van der Waals surface area contributed by atoms with Crippen LogP contribution in [0.5, 0.6) is 0 Å². The molecule has 1 N–H and O–H groups in total. The zero-order chi connectivity index (χ0) is 16.1. The molecule has 0 unspecified atom stereocenters. The first kappa shape index (κ1) is 15.8. The fraction of sp³-hybridized carbons (Fsp3) is 0.474. The molecular weight excluding hydrogens is 288 g/mol. The largest absolute Gasteiger partial charge is 0.325 e. The standard InChI is InChI=1S/C19H24N2O2/c22-17-19(13-7-2-1-3-8-14-19)20-18(23)21(17)15-9-12-16-10-5-4-6-11-16/h4-6,9-12H,1-3,7-8,13-15H2,(H,20,23)/b12-9-. The molecule has 0 bridgehead atoms. The minimum atomic E-state index is -0.641. The van der Waals surface area contributed by atoms with Gasteiger partial charge in [0.1, 0.15) is 5.54 Å². The van der Waals surface area contributed by atoms with Crippen LogP contribution in [0.3, 0.4) is 0 Å². The molecule has 122 valence electrons. The molecule has 1 saturated heterocycles. The molecule has 1 aliphatic carbocycles. The van der Waals surface area contributed by atoms with Gasteiger partial charge in [0.25, 0.3) is 5.91 Å². The summed E-state index contributed by atoms with van der Waals surface area (Å²) < 4.78 is 0. The summed E-state index contributed by atoms with van der Waals surface area (Å²) in [6.45, 7) is 0.335. The lowest BCUT2D eigenvalue weighted by Gasteiger charge is -2.28. The minimum Gasteiger partial charge on any atom is -0.323 e. The Morgan fingerprint density at radius 1 is 1.00 bits per heavy atom. The molecule has 1 aromatic carbocycles. The van der Waals surface area contributed by atoms with Crippen LogP contribution in [-0.4, -0.2) is 28.9 Å². The van der Waals surface area contributed by atoms with Crippen LogP contribution in [0.1, 0.15) is 50.5 Å². The Labute approximate surface area is 137 Å². The van der Waals surface area contributed by atoms with Crippen LogP contribution in [0, 0.1) is 0 Å². The summed E-state index contributed by atoms with van der Waals surface area (Å²) in [4.78, 5) is 26.4. The molecular formula is C19H24N2O2. The summed E-state index contributed by atoms with van der Waals surface area (Å²) >= 11 is 0. The van der Waals surface area contributed by atoms with Gasteiger partial charge in [-0.2, -0.15) is 0 Å². The third-order valence-corrected chi connectivity index (χ3v) is 4.85. The monoisotopic (exact) mass is 312 g/mol. The number of rotatable bonds is 3. The van der Waals surface area contributed by atoms with E-state index in [1.807, 2.05) is 42.5 Å². The predicted molar refractivity (Wildman–Crippen MR) is 90.8 cm³/mol. The van der Waals surface area contributed by atoms with E-state index in [1.165, 1.54) is 11.3 Å². The number of nitrogens with one attached hydrogen (secondary N) is 1. The van der Waals surface area contributed by atoms with Gasteiger partial charge in [0.15, 0.2) is 0 Å². The van der Waals surface area contributed by atoms with Crippen molar-refractivity contribution in [1.29, 1.82) is 0 Å². The third kappa shape index (κ3) is 3.46. The molecule has 2 aliphatic rings. The minimum absolute atomic E-state index is 0.0397. The van der Waals surface area contributed by atoms with Gasteiger partial charge in [0, 0.05) is 6.54 Å². The quantitative estimate of drug-likeness (QED) is 0.865. The smallest absolute Gasteiger partial charge is 0.323 e. The van der Waals surface area contributed by atoms with E-state index < -0.39 is 5.54 Å². The van der Waals surface area contributed by atoms with Gasteiger partial charge in [0.2, 0.25) is 0 Å². The summed E-state index contributed by atoms with van der Waals surface area (Å²) in [5.41, 5.74) is 0.429.